The average molecular weight is 523 g/mol. The third kappa shape index (κ3) is 17.1. The minimum Gasteiger partial charge on any atom is -0.481 e. The first kappa shape index (κ1) is 32.6. The molecule has 0 aliphatic heterocycles. The van der Waals surface area contributed by atoms with Crippen LogP contribution >= 0.6 is 21.6 Å². The van der Waals surface area contributed by atoms with Crippen LogP contribution in [0.4, 0.5) is 0 Å². The predicted octanol–water partition coefficient (Wildman–Crippen LogP) is 5.60. The van der Waals surface area contributed by atoms with Crippen molar-refractivity contribution in [3.63, 3.8) is 0 Å². The van der Waals surface area contributed by atoms with Gasteiger partial charge < -0.3 is 20.4 Å². The molecule has 198 valence electrons. The first-order valence-corrected chi connectivity index (χ1v) is 14.0. The monoisotopic (exact) mass is 522 g/mol. The third-order valence-corrected chi connectivity index (χ3v) is 7.97. The van der Waals surface area contributed by atoms with E-state index < -0.39 is 48.6 Å². The average Bonchev–Trinajstić information content (AvgIpc) is 2.60. The van der Waals surface area contributed by atoms with Crippen molar-refractivity contribution in [1.29, 1.82) is 0 Å². The SMILES string of the molecule is CC(C)(C)CC(CSSCC(CC(CC(=O)O)C(=O)O)CC(C)(C)C)CC(CC(=O)O)C(=O)O. The number of carbonyl (C=O) groups is 4. The third-order valence-electron chi connectivity index (χ3n) is 5.27. The van der Waals surface area contributed by atoms with Crippen LogP contribution in [-0.4, -0.2) is 55.8 Å². The molecule has 0 aliphatic rings. The van der Waals surface area contributed by atoms with E-state index >= 15 is 0 Å². The second kappa shape index (κ2) is 14.9. The molecule has 0 saturated carbocycles. The highest BCUT2D eigenvalue weighted by atomic mass is 33.1. The van der Waals surface area contributed by atoms with Crippen LogP contribution in [0.1, 0.15) is 80.1 Å². The number of hydrogen-bond acceptors (Lipinski definition) is 6. The number of hydrogen-bond donors (Lipinski definition) is 4. The fraction of sp³-hybridized carbons (Fsp3) is 0.833. The van der Waals surface area contributed by atoms with Gasteiger partial charge in [0.1, 0.15) is 0 Å². The van der Waals surface area contributed by atoms with Gasteiger partial charge in [0.2, 0.25) is 0 Å². The van der Waals surface area contributed by atoms with Crippen LogP contribution in [0.2, 0.25) is 0 Å². The zero-order chi connectivity index (χ0) is 26.7. The Morgan fingerprint density at radius 1 is 0.618 bits per heavy atom. The molecule has 0 aliphatic carbocycles. The quantitative estimate of drug-likeness (QED) is 0.140. The van der Waals surface area contributed by atoms with Crippen LogP contribution in [0.3, 0.4) is 0 Å². The van der Waals surface area contributed by atoms with Crippen LogP contribution in [0.25, 0.3) is 0 Å². The van der Waals surface area contributed by atoms with Gasteiger partial charge in [0.15, 0.2) is 0 Å². The molecular formula is C24H42O8S2. The van der Waals surface area contributed by atoms with Gasteiger partial charge in [-0.05, 0) is 48.3 Å². The van der Waals surface area contributed by atoms with Crippen LogP contribution in [0.15, 0.2) is 0 Å². The zero-order valence-electron chi connectivity index (χ0n) is 21.2. The molecule has 34 heavy (non-hydrogen) atoms. The maximum atomic E-state index is 11.6. The Balaban J connectivity index is 5.16. The second-order valence-corrected chi connectivity index (χ2v) is 14.1. The summed E-state index contributed by atoms with van der Waals surface area (Å²) < 4.78 is 0. The van der Waals surface area contributed by atoms with Gasteiger partial charge in [0.05, 0.1) is 24.7 Å². The summed E-state index contributed by atoms with van der Waals surface area (Å²) in [5, 5.41) is 37.0. The molecule has 0 spiro atoms. The normalized spacial score (nSPS) is 15.8. The van der Waals surface area contributed by atoms with Crippen LogP contribution < -0.4 is 0 Å². The fourth-order valence-corrected chi connectivity index (χ4v) is 7.03. The minimum absolute atomic E-state index is 0.0257. The van der Waals surface area contributed by atoms with E-state index in [0.29, 0.717) is 11.5 Å². The van der Waals surface area contributed by atoms with Gasteiger partial charge in [-0.1, -0.05) is 63.1 Å². The number of rotatable bonds is 17. The van der Waals surface area contributed by atoms with Gasteiger partial charge >= 0.3 is 23.9 Å². The summed E-state index contributed by atoms with van der Waals surface area (Å²) in [6.45, 7) is 12.4. The Morgan fingerprint density at radius 2 is 0.912 bits per heavy atom. The largest absolute Gasteiger partial charge is 0.481 e. The summed E-state index contributed by atoms with van der Waals surface area (Å²) in [6, 6.07) is 0. The van der Waals surface area contributed by atoms with Crippen molar-refractivity contribution >= 4 is 45.5 Å². The minimum atomic E-state index is -1.12. The van der Waals surface area contributed by atoms with Crippen LogP contribution in [-0.2, 0) is 19.2 Å². The summed E-state index contributed by atoms with van der Waals surface area (Å²) >= 11 is 0. The summed E-state index contributed by atoms with van der Waals surface area (Å²) in [4.78, 5) is 45.3. The van der Waals surface area contributed by atoms with Crippen molar-refractivity contribution in [3.8, 4) is 0 Å². The van der Waals surface area contributed by atoms with Gasteiger partial charge in [-0.25, -0.2) is 0 Å². The summed E-state index contributed by atoms with van der Waals surface area (Å²) in [7, 11) is 3.18. The summed E-state index contributed by atoms with van der Waals surface area (Å²) in [5.41, 5.74) is -0.0784. The number of carboxylic acid groups (broad SMARTS) is 4. The lowest BCUT2D eigenvalue weighted by molar-refractivity contribution is -0.148. The molecule has 4 unspecified atom stereocenters. The van der Waals surface area contributed by atoms with Crippen LogP contribution in [0, 0.1) is 34.5 Å². The van der Waals surface area contributed by atoms with Crippen molar-refractivity contribution in [2.45, 2.75) is 80.1 Å². The van der Waals surface area contributed by atoms with Gasteiger partial charge in [0, 0.05) is 11.5 Å². The van der Waals surface area contributed by atoms with E-state index in [1.807, 2.05) is 0 Å². The van der Waals surface area contributed by atoms with E-state index in [9.17, 15) is 29.4 Å². The first-order valence-electron chi connectivity index (χ1n) is 11.5. The van der Waals surface area contributed by atoms with E-state index in [0.717, 1.165) is 12.8 Å². The highest BCUT2D eigenvalue weighted by Crippen LogP contribution is 2.38. The maximum absolute atomic E-state index is 11.6. The second-order valence-electron chi connectivity index (χ2n) is 11.6. The Morgan fingerprint density at radius 3 is 1.12 bits per heavy atom. The molecular weight excluding hydrogens is 480 g/mol. The molecule has 4 N–H and O–H groups in total. The topological polar surface area (TPSA) is 149 Å². The molecule has 0 saturated heterocycles. The molecule has 0 fully saturated rings. The first-order chi connectivity index (χ1) is 15.4. The molecule has 10 heteroatoms. The van der Waals surface area contributed by atoms with Crippen LogP contribution in [0.5, 0.6) is 0 Å². The Kier molecular flexibility index (Phi) is 14.2. The molecule has 0 radical (unpaired) electrons. The lowest BCUT2D eigenvalue weighted by atomic mass is 9.81. The highest BCUT2D eigenvalue weighted by molar-refractivity contribution is 8.76. The van der Waals surface area contributed by atoms with Crippen molar-refractivity contribution < 1.29 is 39.6 Å². The number of aliphatic carboxylic acids is 4. The smallest absolute Gasteiger partial charge is 0.307 e. The van der Waals surface area contributed by atoms with E-state index in [2.05, 4.69) is 41.5 Å². The van der Waals surface area contributed by atoms with E-state index in [4.69, 9.17) is 10.2 Å². The van der Waals surface area contributed by atoms with Gasteiger partial charge in [0.25, 0.3) is 0 Å². The molecule has 0 aromatic carbocycles. The molecule has 8 nitrogen and oxygen atoms in total. The number of carboxylic acids is 4. The molecule has 0 amide bonds. The Hall–Kier alpha value is -1.42. The van der Waals surface area contributed by atoms with Crippen molar-refractivity contribution in [2.75, 3.05) is 11.5 Å². The molecule has 0 aromatic heterocycles. The molecule has 0 heterocycles. The van der Waals surface area contributed by atoms with Gasteiger partial charge in [-0.3, -0.25) is 19.2 Å². The van der Waals surface area contributed by atoms with Gasteiger partial charge in [-0.2, -0.15) is 0 Å². The predicted molar refractivity (Wildman–Crippen MR) is 136 cm³/mol. The summed E-state index contributed by atoms with van der Waals surface area (Å²) in [5.74, 6) is -4.93. The van der Waals surface area contributed by atoms with E-state index in [1.54, 1.807) is 21.6 Å². The maximum Gasteiger partial charge on any atom is 0.307 e. The van der Waals surface area contributed by atoms with E-state index in [-0.39, 0.29) is 35.5 Å². The molecule has 0 bridgehead atoms. The van der Waals surface area contributed by atoms with Gasteiger partial charge in [-0.15, -0.1) is 0 Å². The molecule has 0 rings (SSSR count). The lowest BCUT2D eigenvalue weighted by Gasteiger charge is -2.29. The standard InChI is InChI=1S/C24H42O8S2/c1-23(2,3)11-15(7-17(21(29)30)9-19(25)26)13-33-34-14-16(12-24(4,5)6)8-18(22(31)32)10-20(27)28/h15-18H,7-14H2,1-6H3,(H,25,26)(H,27,28)(H,29,30)(H,31,32). The van der Waals surface area contributed by atoms with Crippen molar-refractivity contribution in [2.24, 2.45) is 34.5 Å². The molecule has 4 atom stereocenters. The van der Waals surface area contributed by atoms with Crippen molar-refractivity contribution in [3.05, 3.63) is 0 Å². The van der Waals surface area contributed by atoms with Crippen molar-refractivity contribution in [1.82, 2.24) is 0 Å². The van der Waals surface area contributed by atoms with E-state index in [1.165, 1.54) is 0 Å². The summed E-state index contributed by atoms with van der Waals surface area (Å²) in [6.07, 6.45) is 1.29. The fourth-order valence-electron chi connectivity index (χ4n) is 4.21. The Bertz CT molecular complexity index is 623. The zero-order valence-corrected chi connectivity index (χ0v) is 22.8. The lowest BCUT2D eigenvalue weighted by Crippen LogP contribution is -2.25. The molecule has 0 aromatic rings. The Labute approximate surface area is 211 Å². The highest BCUT2D eigenvalue weighted by Gasteiger charge is 2.30.